The Morgan fingerprint density at radius 3 is 2.76 bits per heavy atom. The maximum Gasteiger partial charge on any atom is 0.335 e. The number of carboxylic acid groups (broad SMARTS) is 1. The molecule has 1 aliphatic heterocycles. The summed E-state index contributed by atoms with van der Waals surface area (Å²) in [5.41, 5.74) is 1.88. The molecule has 0 saturated carbocycles. The Labute approximate surface area is 146 Å². The van der Waals surface area contributed by atoms with Gasteiger partial charge in [0.05, 0.1) is 18.2 Å². The lowest BCUT2D eigenvalue weighted by molar-refractivity contribution is 0.0696. The van der Waals surface area contributed by atoms with E-state index in [2.05, 4.69) is 0 Å². The molecule has 1 N–H and O–H groups in total. The lowest BCUT2D eigenvalue weighted by Gasteiger charge is -2.18. The SMILES string of the molecule is COc1ccccc1C(=O)N1CC[C@H](Cc2cccc(C(=O)O)c2)C1. The Morgan fingerprint density at radius 1 is 1.20 bits per heavy atom. The highest BCUT2D eigenvalue weighted by atomic mass is 16.5. The fourth-order valence-electron chi connectivity index (χ4n) is 3.34. The second-order valence-corrected chi connectivity index (χ2v) is 6.32. The number of hydrogen-bond donors (Lipinski definition) is 1. The number of nitrogens with zero attached hydrogens (tertiary/aromatic N) is 1. The van der Waals surface area contributed by atoms with E-state index in [0.717, 1.165) is 18.4 Å². The number of ether oxygens (including phenoxy) is 1. The van der Waals surface area contributed by atoms with Gasteiger partial charge >= 0.3 is 5.97 Å². The van der Waals surface area contributed by atoms with Crippen LogP contribution in [0.3, 0.4) is 0 Å². The highest BCUT2D eigenvalue weighted by Gasteiger charge is 2.28. The van der Waals surface area contributed by atoms with Gasteiger partial charge in [0.15, 0.2) is 0 Å². The van der Waals surface area contributed by atoms with Crippen LogP contribution in [0.5, 0.6) is 5.75 Å². The van der Waals surface area contributed by atoms with Gasteiger partial charge < -0.3 is 14.7 Å². The number of para-hydroxylation sites is 1. The van der Waals surface area contributed by atoms with Crippen molar-refractivity contribution in [1.82, 2.24) is 4.90 Å². The van der Waals surface area contributed by atoms with Crippen LogP contribution in [0.25, 0.3) is 0 Å². The van der Waals surface area contributed by atoms with Gasteiger partial charge in [-0.2, -0.15) is 0 Å². The van der Waals surface area contributed by atoms with Gasteiger partial charge in [-0.1, -0.05) is 24.3 Å². The fourth-order valence-corrected chi connectivity index (χ4v) is 3.34. The van der Waals surface area contributed by atoms with Crippen LogP contribution in [0.4, 0.5) is 0 Å². The van der Waals surface area contributed by atoms with E-state index >= 15 is 0 Å². The Balaban J connectivity index is 1.66. The summed E-state index contributed by atoms with van der Waals surface area (Å²) in [5, 5.41) is 9.10. The molecule has 2 aromatic rings. The van der Waals surface area contributed by atoms with Gasteiger partial charge in [0.25, 0.3) is 5.91 Å². The van der Waals surface area contributed by atoms with Crippen molar-refractivity contribution in [1.29, 1.82) is 0 Å². The first kappa shape index (κ1) is 17.0. The molecule has 1 atom stereocenters. The molecule has 2 aromatic carbocycles. The number of carbonyl (C=O) groups excluding carboxylic acids is 1. The van der Waals surface area contributed by atoms with Crippen LogP contribution in [0.2, 0.25) is 0 Å². The summed E-state index contributed by atoms with van der Waals surface area (Å²) in [6, 6.07) is 14.3. The van der Waals surface area contributed by atoms with Crippen molar-refractivity contribution in [3.8, 4) is 5.75 Å². The Morgan fingerprint density at radius 2 is 2.00 bits per heavy atom. The molecule has 5 heteroatoms. The number of aromatic carboxylic acids is 1. The maximum atomic E-state index is 12.7. The average molecular weight is 339 g/mol. The summed E-state index contributed by atoms with van der Waals surface area (Å²) in [6.45, 7) is 1.38. The first-order valence-corrected chi connectivity index (χ1v) is 8.33. The second kappa shape index (κ2) is 7.38. The van der Waals surface area contributed by atoms with E-state index in [1.807, 2.05) is 23.1 Å². The monoisotopic (exact) mass is 339 g/mol. The second-order valence-electron chi connectivity index (χ2n) is 6.32. The third-order valence-electron chi connectivity index (χ3n) is 4.61. The molecule has 0 radical (unpaired) electrons. The molecule has 0 bridgehead atoms. The molecular formula is C20H21NO4. The van der Waals surface area contributed by atoms with E-state index in [4.69, 9.17) is 9.84 Å². The molecule has 1 aliphatic rings. The number of carbonyl (C=O) groups is 2. The molecule has 25 heavy (non-hydrogen) atoms. The van der Waals surface area contributed by atoms with Crippen molar-refractivity contribution in [3.05, 3.63) is 65.2 Å². The zero-order valence-electron chi connectivity index (χ0n) is 14.1. The summed E-state index contributed by atoms with van der Waals surface area (Å²) < 4.78 is 5.28. The van der Waals surface area contributed by atoms with Gasteiger partial charge in [-0.25, -0.2) is 4.79 Å². The van der Waals surface area contributed by atoms with Gasteiger partial charge in [-0.3, -0.25) is 4.79 Å². The number of rotatable bonds is 5. The minimum Gasteiger partial charge on any atom is -0.496 e. The number of carboxylic acids is 1. The highest BCUT2D eigenvalue weighted by molar-refractivity contribution is 5.97. The highest BCUT2D eigenvalue weighted by Crippen LogP contribution is 2.26. The summed E-state index contributed by atoms with van der Waals surface area (Å²) in [7, 11) is 1.56. The van der Waals surface area contributed by atoms with Gasteiger partial charge in [-0.05, 0) is 48.6 Å². The Hall–Kier alpha value is -2.82. The topological polar surface area (TPSA) is 66.8 Å². The third kappa shape index (κ3) is 3.82. The van der Waals surface area contributed by atoms with E-state index in [1.165, 1.54) is 0 Å². The molecule has 1 amide bonds. The van der Waals surface area contributed by atoms with Crippen molar-refractivity contribution < 1.29 is 19.4 Å². The third-order valence-corrected chi connectivity index (χ3v) is 4.61. The predicted molar refractivity (Wildman–Crippen MR) is 94.1 cm³/mol. The van der Waals surface area contributed by atoms with Crippen LogP contribution in [-0.2, 0) is 6.42 Å². The average Bonchev–Trinajstić information content (AvgIpc) is 3.09. The standard InChI is InChI=1S/C20H21NO4/c1-25-18-8-3-2-7-17(18)19(22)21-10-9-15(13-21)11-14-5-4-6-16(12-14)20(23)24/h2-8,12,15H,9-11,13H2,1H3,(H,23,24)/t15-/m1/s1. The molecule has 130 valence electrons. The number of likely N-dealkylation sites (tertiary alicyclic amines) is 1. The van der Waals surface area contributed by atoms with E-state index in [1.54, 1.807) is 37.4 Å². The first-order chi connectivity index (χ1) is 12.1. The van der Waals surface area contributed by atoms with Crippen molar-refractivity contribution in [2.24, 2.45) is 5.92 Å². The van der Waals surface area contributed by atoms with Crippen LogP contribution in [0.1, 0.15) is 32.7 Å². The quantitative estimate of drug-likeness (QED) is 0.909. The van der Waals surface area contributed by atoms with Gasteiger partial charge in [0, 0.05) is 13.1 Å². The van der Waals surface area contributed by atoms with Crippen LogP contribution in [0.15, 0.2) is 48.5 Å². The van der Waals surface area contributed by atoms with E-state index < -0.39 is 5.97 Å². The summed E-state index contributed by atoms with van der Waals surface area (Å²) in [6.07, 6.45) is 1.69. The van der Waals surface area contributed by atoms with Crippen molar-refractivity contribution in [3.63, 3.8) is 0 Å². The number of hydrogen-bond acceptors (Lipinski definition) is 3. The van der Waals surface area contributed by atoms with Crippen LogP contribution in [-0.4, -0.2) is 42.1 Å². The number of amides is 1. The molecule has 0 spiro atoms. The van der Waals surface area contributed by atoms with Crippen molar-refractivity contribution >= 4 is 11.9 Å². The molecule has 1 heterocycles. The van der Waals surface area contributed by atoms with E-state index in [0.29, 0.717) is 35.9 Å². The predicted octanol–water partition coefficient (Wildman–Crippen LogP) is 3.10. The molecule has 5 nitrogen and oxygen atoms in total. The van der Waals surface area contributed by atoms with Gasteiger partial charge in [0.2, 0.25) is 0 Å². The van der Waals surface area contributed by atoms with Crippen LogP contribution < -0.4 is 4.74 Å². The van der Waals surface area contributed by atoms with Gasteiger partial charge in [-0.15, -0.1) is 0 Å². The largest absolute Gasteiger partial charge is 0.496 e. The molecule has 3 rings (SSSR count). The number of benzene rings is 2. The summed E-state index contributed by atoms with van der Waals surface area (Å²) >= 11 is 0. The van der Waals surface area contributed by atoms with Crippen LogP contribution >= 0.6 is 0 Å². The minimum absolute atomic E-state index is 0.0146. The maximum absolute atomic E-state index is 12.7. The Bertz CT molecular complexity index is 787. The van der Waals surface area contributed by atoms with E-state index in [9.17, 15) is 9.59 Å². The molecule has 0 aromatic heterocycles. The summed E-state index contributed by atoms with van der Waals surface area (Å²) in [4.78, 5) is 25.7. The lowest BCUT2D eigenvalue weighted by atomic mass is 9.97. The number of methoxy groups -OCH3 is 1. The smallest absolute Gasteiger partial charge is 0.335 e. The molecular weight excluding hydrogens is 318 g/mol. The van der Waals surface area contributed by atoms with Crippen molar-refractivity contribution in [2.75, 3.05) is 20.2 Å². The molecule has 0 aliphatic carbocycles. The summed E-state index contributed by atoms with van der Waals surface area (Å²) in [5.74, 6) is -0.00621. The lowest BCUT2D eigenvalue weighted by Crippen LogP contribution is -2.29. The fraction of sp³-hybridized carbons (Fsp3) is 0.300. The van der Waals surface area contributed by atoms with Crippen LogP contribution in [0, 0.1) is 5.92 Å². The normalized spacial score (nSPS) is 16.7. The molecule has 0 unspecified atom stereocenters. The molecule has 1 saturated heterocycles. The molecule has 1 fully saturated rings. The zero-order valence-corrected chi connectivity index (χ0v) is 14.1. The Kier molecular flexibility index (Phi) is 5.03. The van der Waals surface area contributed by atoms with Gasteiger partial charge in [0.1, 0.15) is 5.75 Å². The minimum atomic E-state index is -0.916. The van der Waals surface area contributed by atoms with Crippen molar-refractivity contribution in [2.45, 2.75) is 12.8 Å². The zero-order chi connectivity index (χ0) is 17.8. The first-order valence-electron chi connectivity index (χ1n) is 8.33. The van der Waals surface area contributed by atoms with E-state index in [-0.39, 0.29) is 5.91 Å².